The van der Waals surface area contributed by atoms with Crippen molar-refractivity contribution in [2.45, 2.75) is 44.7 Å². The first-order valence-electron chi connectivity index (χ1n) is 6.33. The molecule has 18 heavy (non-hydrogen) atoms. The maximum atomic E-state index is 12.3. The number of amides is 1. The molecule has 1 amide bonds. The summed E-state index contributed by atoms with van der Waals surface area (Å²) >= 11 is 5.44. The average molecular weight is 286 g/mol. The van der Waals surface area contributed by atoms with Crippen molar-refractivity contribution in [2.24, 2.45) is 5.92 Å². The van der Waals surface area contributed by atoms with E-state index in [0.717, 1.165) is 17.7 Å². The van der Waals surface area contributed by atoms with Gasteiger partial charge in [0.25, 0.3) is 0 Å². The number of hydrogen-bond donors (Lipinski definition) is 0. The van der Waals surface area contributed by atoms with E-state index in [9.17, 15) is 18.0 Å². The van der Waals surface area contributed by atoms with Gasteiger partial charge in [-0.2, -0.15) is 13.2 Å². The third-order valence-corrected chi connectivity index (χ3v) is 3.49. The van der Waals surface area contributed by atoms with Crippen LogP contribution in [0, 0.1) is 5.92 Å². The highest BCUT2D eigenvalue weighted by atomic mass is 35.5. The molecule has 0 aromatic rings. The molecule has 1 aliphatic carbocycles. The van der Waals surface area contributed by atoms with Gasteiger partial charge in [0, 0.05) is 18.8 Å². The maximum Gasteiger partial charge on any atom is 0.406 e. The molecule has 0 aromatic heterocycles. The van der Waals surface area contributed by atoms with Crippen molar-refractivity contribution in [3.63, 3.8) is 0 Å². The number of carbonyl (C=O) groups excluding carboxylic acids is 1. The minimum atomic E-state index is -4.35. The minimum absolute atomic E-state index is 0.0330. The SMILES string of the molecule is O=C(CCC1CCCC1)N(CCCl)CC(F)(F)F. The summed E-state index contributed by atoms with van der Waals surface area (Å²) in [7, 11) is 0. The highest BCUT2D eigenvalue weighted by Crippen LogP contribution is 2.29. The van der Waals surface area contributed by atoms with Gasteiger partial charge in [0.15, 0.2) is 0 Å². The van der Waals surface area contributed by atoms with Gasteiger partial charge in [-0.3, -0.25) is 4.79 Å². The molecule has 106 valence electrons. The Labute approximate surface area is 110 Å². The van der Waals surface area contributed by atoms with Gasteiger partial charge in [0.2, 0.25) is 5.91 Å². The van der Waals surface area contributed by atoms with E-state index in [4.69, 9.17) is 11.6 Å². The van der Waals surface area contributed by atoms with Crippen LogP contribution in [-0.4, -0.2) is 36.0 Å². The van der Waals surface area contributed by atoms with Crippen LogP contribution in [0.4, 0.5) is 13.2 Å². The Hall–Kier alpha value is -0.450. The first kappa shape index (κ1) is 15.6. The summed E-state index contributed by atoms with van der Waals surface area (Å²) < 4.78 is 36.9. The summed E-state index contributed by atoms with van der Waals surface area (Å²) in [6.45, 7) is -1.23. The number of halogens is 4. The lowest BCUT2D eigenvalue weighted by Crippen LogP contribution is -2.40. The molecule has 0 bridgehead atoms. The van der Waals surface area contributed by atoms with E-state index in [-0.39, 0.29) is 18.8 Å². The van der Waals surface area contributed by atoms with Gasteiger partial charge in [-0.15, -0.1) is 11.6 Å². The Balaban J connectivity index is 2.38. The lowest BCUT2D eigenvalue weighted by atomic mass is 10.0. The molecule has 1 aliphatic rings. The Morgan fingerprint density at radius 1 is 1.28 bits per heavy atom. The zero-order valence-electron chi connectivity index (χ0n) is 10.3. The molecule has 0 N–H and O–H groups in total. The fraction of sp³-hybridized carbons (Fsp3) is 0.917. The molecule has 0 saturated heterocycles. The molecule has 1 fully saturated rings. The molecule has 0 atom stereocenters. The molecule has 0 spiro atoms. The smallest absolute Gasteiger partial charge is 0.332 e. The van der Waals surface area contributed by atoms with E-state index >= 15 is 0 Å². The van der Waals surface area contributed by atoms with E-state index in [0.29, 0.717) is 12.3 Å². The largest absolute Gasteiger partial charge is 0.406 e. The second-order valence-electron chi connectivity index (χ2n) is 4.81. The molecule has 0 aliphatic heterocycles. The maximum absolute atomic E-state index is 12.3. The lowest BCUT2D eigenvalue weighted by molar-refractivity contribution is -0.160. The number of alkyl halides is 4. The van der Waals surface area contributed by atoms with Crippen LogP contribution >= 0.6 is 11.6 Å². The van der Waals surface area contributed by atoms with Crippen LogP contribution in [0.2, 0.25) is 0 Å². The Morgan fingerprint density at radius 3 is 2.39 bits per heavy atom. The fourth-order valence-corrected chi connectivity index (χ4v) is 2.60. The van der Waals surface area contributed by atoms with Gasteiger partial charge in [-0.05, 0) is 12.3 Å². The highest BCUT2D eigenvalue weighted by molar-refractivity contribution is 6.18. The number of carbonyl (C=O) groups is 1. The summed E-state index contributed by atoms with van der Waals surface area (Å²) in [6, 6.07) is 0. The van der Waals surface area contributed by atoms with Gasteiger partial charge in [-0.25, -0.2) is 0 Å². The van der Waals surface area contributed by atoms with Crippen LogP contribution in [0.15, 0.2) is 0 Å². The standard InChI is InChI=1S/C12H19ClF3NO/c13-7-8-17(9-12(14,15)16)11(18)6-5-10-3-1-2-4-10/h10H,1-9H2. The van der Waals surface area contributed by atoms with E-state index in [1.807, 2.05) is 0 Å². The molecular formula is C12H19ClF3NO. The fourth-order valence-electron chi connectivity index (χ4n) is 2.40. The molecule has 0 radical (unpaired) electrons. The van der Waals surface area contributed by atoms with Crippen LogP contribution in [0.3, 0.4) is 0 Å². The molecule has 0 unspecified atom stereocenters. The van der Waals surface area contributed by atoms with Crippen molar-refractivity contribution in [3.8, 4) is 0 Å². The quantitative estimate of drug-likeness (QED) is 0.683. The molecule has 0 heterocycles. The van der Waals surface area contributed by atoms with E-state index < -0.39 is 18.6 Å². The zero-order valence-corrected chi connectivity index (χ0v) is 11.1. The third-order valence-electron chi connectivity index (χ3n) is 3.32. The molecule has 0 aromatic carbocycles. The summed E-state index contributed by atoms with van der Waals surface area (Å²) in [4.78, 5) is 12.6. The topological polar surface area (TPSA) is 20.3 Å². The van der Waals surface area contributed by atoms with E-state index in [1.165, 1.54) is 12.8 Å². The monoisotopic (exact) mass is 285 g/mol. The molecule has 6 heteroatoms. The highest BCUT2D eigenvalue weighted by Gasteiger charge is 2.32. The van der Waals surface area contributed by atoms with Crippen molar-refractivity contribution in [3.05, 3.63) is 0 Å². The summed E-state index contributed by atoms with van der Waals surface area (Å²) in [6.07, 6.45) is 1.10. The van der Waals surface area contributed by atoms with Gasteiger partial charge in [-0.1, -0.05) is 25.7 Å². The summed E-state index contributed by atoms with van der Waals surface area (Å²) in [5.41, 5.74) is 0. The predicted molar refractivity (Wildman–Crippen MR) is 64.5 cm³/mol. The van der Waals surface area contributed by atoms with Gasteiger partial charge < -0.3 is 4.90 Å². The molecule has 1 rings (SSSR count). The van der Waals surface area contributed by atoms with Gasteiger partial charge in [0.1, 0.15) is 6.54 Å². The minimum Gasteiger partial charge on any atom is -0.332 e. The normalized spacial score (nSPS) is 17.1. The first-order chi connectivity index (χ1) is 8.42. The Bertz CT molecular complexity index is 265. The van der Waals surface area contributed by atoms with Crippen LogP contribution in [0.1, 0.15) is 38.5 Å². The van der Waals surface area contributed by atoms with E-state index in [1.54, 1.807) is 0 Å². The molecule has 2 nitrogen and oxygen atoms in total. The molecule has 1 saturated carbocycles. The Kier molecular flexibility index (Phi) is 6.26. The summed E-state index contributed by atoms with van der Waals surface area (Å²) in [5, 5.41) is 0. The number of hydrogen-bond acceptors (Lipinski definition) is 1. The predicted octanol–water partition coefficient (Wildman–Crippen LogP) is 3.59. The Morgan fingerprint density at radius 2 is 1.89 bits per heavy atom. The van der Waals surface area contributed by atoms with Crippen LogP contribution in [0.5, 0.6) is 0 Å². The van der Waals surface area contributed by atoms with Crippen molar-refractivity contribution in [1.29, 1.82) is 0 Å². The van der Waals surface area contributed by atoms with Crippen molar-refractivity contribution in [2.75, 3.05) is 19.0 Å². The lowest BCUT2D eigenvalue weighted by Gasteiger charge is -2.23. The van der Waals surface area contributed by atoms with Crippen molar-refractivity contribution >= 4 is 17.5 Å². The second-order valence-corrected chi connectivity index (χ2v) is 5.19. The van der Waals surface area contributed by atoms with Crippen LogP contribution < -0.4 is 0 Å². The van der Waals surface area contributed by atoms with Crippen molar-refractivity contribution in [1.82, 2.24) is 4.90 Å². The van der Waals surface area contributed by atoms with Gasteiger partial charge >= 0.3 is 6.18 Å². The molecular weight excluding hydrogens is 267 g/mol. The van der Waals surface area contributed by atoms with Gasteiger partial charge in [0.05, 0.1) is 0 Å². The zero-order chi connectivity index (χ0) is 13.6. The number of nitrogens with zero attached hydrogens (tertiary/aromatic N) is 1. The van der Waals surface area contributed by atoms with Crippen LogP contribution in [-0.2, 0) is 4.79 Å². The van der Waals surface area contributed by atoms with Crippen molar-refractivity contribution < 1.29 is 18.0 Å². The third kappa shape index (κ3) is 5.94. The van der Waals surface area contributed by atoms with Crippen LogP contribution in [0.25, 0.3) is 0 Å². The first-order valence-corrected chi connectivity index (χ1v) is 6.86. The second kappa shape index (κ2) is 7.22. The number of rotatable bonds is 6. The van der Waals surface area contributed by atoms with E-state index in [2.05, 4.69) is 0 Å². The average Bonchev–Trinajstić information content (AvgIpc) is 2.76. The summed E-state index contributed by atoms with van der Waals surface area (Å²) in [5.74, 6) is 0.114.